The van der Waals surface area contributed by atoms with Gasteiger partial charge in [0, 0.05) is 34.5 Å². The molecule has 0 aliphatic heterocycles. The van der Waals surface area contributed by atoms with Gasteiger partial charge in [-0.3, -0.25) is 9.78 Å². The van der Waals surface area contributed by atoms with Gasteiger partial charge in [0.25, 0.3) is 0 Å². The Morgan fingerprint density at radius 2 is 2.08 bits per heavy atom. The number of pyridine rings is 1. The summed E-state index contributed by atoms with van der Waals surface area (Å²) in [4.78, 5) is 17.9. The van der Waals surface area contributed by atoms with Crippen LogP contribution in [-0.2, 0) is 4.79 Å². The van der Waals surface area contributed by atoms with Crippen molar-refractivity contribution >= 4 is 34.3 Å². The number of aryl methyl sites for hydroxylation is 1. The van der Waals surface area contributed by atoms with Crippen LogP contribution in [0.1, 0.15) is 51.7 Å². The van der Waals surface area contributed by atoms with Gasteiger partial charge >= 0.3 is 0 Å². The number of allylic oxidation sites excluding steroid dienone is 2. The highest BCUT2D eigenvalue weighted by atomic mass is 32.2. The van der Waals surface area contributed by atoms with E-state index in [1.165, 1.54) is 0 Å². The van der Waals surface area contributed by atoms with Crippen LogP contribution < -0.4 is 5.32 Å². The van der Waals surface area contributed by atoms with Crippen molar-refractivity contribution in [1.82, 2.24) is 10.3 Å². The van der Waals surface area contributed by atoms with Crippen molar-refractivity contribution in [3.8, 4) is 0 Å². The average molecular weight is 379 g/mol. The minimum absolute atomic E-state index is 0.00587. The zero-order valence-electron chi connectivity index (χ0n) is 16.2. The van der Waals surface area contributed by atoms with Gasteiger partial charge in [-0.15, -0.1) is 0 Å². The highest BCUT2D eigenvalue weighted by Crippen LogP contribution is 2.34. The van der Waals surface area contributed by atoms with E-state index in [9.17, 15) is 4.79 Å². The summed E-state index contributed by atoms with van der Waals surface area (Å²) in [6.07, 6.45) is 10.1. The van der Waals surface area contributed by atoms with E-state index in [1.54, 1.807) is 23.5 Å². The number of hydrogen-bond acceptors (Lipinski definition) is 4. The second kappa shape index (κ2) is 11.4. The lowest BCUT2D eigenvalue weighted by Crippen LogP contribution is -2.29. The normalized spacial score (nSPS) is 12.6. The molecule has 1 rings (SSSR count). The van der Waals surface area contributed by atoms with Crippen molar-refractivity contribution in [3.05, 3.63) is 46.3 Å². The van der Waals surface area contributed by atoms with Gasteiger partial charge in [-0.05, 0) is 50.7 Å². The maximum absolute atomic E-state index is 12.4. The first-order valence-electron chi connectivity index (χ1n) is 8.66. The number of nitrogens with one attached hydrogen (secondary N) is 1. The van der Waals surface area contributed by atoms with Crippen LogP contribution in [0.15, 0.2) is 35.1 Å². The molecule has 1 aromatic heterocycles. The Morgan fingerprint density at radius 3 is 2.64 bits per heavy atom. The van der Waals surface area contributed by atoms with E-state index in [2.05, 4.69) is 29.4 Å². The number of thioether (sulfide) groups is 2. The largest absolute Gasteiger partial charge is 0.320 e. The molecule has 1 heterocycles. The van der Waals surface area contributed by atoms with Crippen LogP contribution in [0.4, 0.5) is 0 Å². The molecule has 0 saturated heterocycles. The Hall–Kier alpha value is -1.20. The molecule has 138 valence electrons. The molecule has 0 aliphatic carbocycles. The van der Waals surface area contributed by atoms with Gasteiger partial charge < -0.3 is 5.32 Å². The molecule has 0 radical (unpaired) electrons. The Kier molecular flexibility index (Phi) is 9.98. The van der Waals surface area contributed by atoms with Crippen molar-refractivity contribution in [2.24, 2.45) is 5.92 Å². The number of unbranched alkanes of at least 4 members (excludes halogenated alkanes) is 1. The minimum Gasteiger partial charge on any atom is -0.320 e. The van der Waals surface area contributed by atoms with E-state index < -0.39 is 0 Å². The number of carbonyl (C=O) groups excluding carboxylic acids is 1. The summed E-state index contributed by atoms with van der Waals surface area (Å²) in [5.41, 5.74) is 3.35. The Bertz CT molecular complexity index is 634. The molecular formula is C20H30N2OS2. The number of hydrogen-bond donors (Lipinski definition) is 1. The lowest BCUT2D eigenvalue weighted by Gasteiger charge is -2.17. The topological polar surface area (TPSA) is 42.0 Å². The van der Waals surface area contributed by atoms with Crippen molar-refractivity contribution in [2.45, 2.75) is 47.5 Å². The van der Waals surface area contributed by atoms with Crippen LogP contribution in [0.3, 0.4) is 0 Å². The predicted octanol–water partition coefficient (Wildman–Crippen LogP) is 5.63. The van der Waals surface area contributed by atoms with Crippen LogP contribution in [0, 0.1) is 12.8 Å². The molecule has 5 heteroatoms. The van der Waals surface area contributed by atoms with E-state index in [0.717, 1.165) is 45.2 Å². The summed E-state index contributed by atoms with van der Waals surface area (Å²) in [6.45, 7) is 10.3. The third kappa shape index (κ3) is 7.70. The van der Waals surface area contributed by atoms with E-state index in [-0.39, 0.29) is 11.8 Å². The summed E-state index contributed by atoms with van der Waals surface area (Å²) in [5, 5.41) is 4.04. The Morgan fingerprint density at radius 1 is 1.36 bits per heavy atom. The molecule has 1 N–H and O–H groups in total. The molecule has 1 aromatic rings. The third-order valence-electron chi connectivity index (χ3n) is 3.55. The second-order valence-electron chi connectivity index (χ2n) is 6.38. The molecule has 0 fully saturated rings. The number of carbonyl (C=O) groups is 1. The van der Waals surface area contributed by atoms with Gasteiger partial charge in [0.05, 0.1) is 5.03 Å². The fraction of sp³-hybridized carbons (Fsp3) is 0.500. The number of aromatic nitrogens is 1. The van der Waals surface area contributed by atoms with E-state index >= 15 is 0 Å². The zero-order chi connectivity index (χ0) is 18.8. The number of nitrogens with zero attached hydrogens (tertiary/aromatic N) is 1. The zero-order valence-corrected chi connectivity index (χ0v) is 17.8. The van der Waals surface area contributed by atoms with Gasteiger partial charge in [-0.1, -0.05) is 38.1 Å². The molecule has 0 aromatic carbocycles. The maximum Gasteiger partial charge on any atom is 0.228 e. The first-order chi connectivity index (χ1) is 11.9. The molecule has 1 amide bonds. The minimum atomic E-state index is -0.00587. The van der Waals surface area contributed by atoms with Crippen LogP contribution in [0.2, 0.25) is 0 Å². The lowest BCUT2D eigenvalue weighted by atomic mass is 10.2. The van der Waals surface area contributed by atoms with Crippen molar-refractivity contribution in [2.75, 3.05) is 12.0 Å². The molecule has 3 nitrogen and oxygen atoms in total. The summed E-state index contributed by atoms with van der Waals surface area (Å²) < 4.78 is 0. The second-order valence-corrected chi connectivity index (χ2v) is 8.35. The summed E-state index contributed by atoms with van der Waals surface area (Å²) in [5.74, 6) is 0.899. The van der Waals surface area contributed by atoms with Crippen molar-refractivity contribution in [1.29, 1.82) is 0 Å². The van der Waals surface area contributed by atoms with Gasteiger partial charge in [0.1, 0.15) is 0 Å². The van der Waals surface area contributed by atoms with E-state index in [1.807, 2.05) is 46.3 Å². The molecule has 25 heavy (non-hydrogen) atoms. The third-order valence-corrected chi connectivity index (χ3v) is 5.72. The van der Waals surface area contributed by atoms with Gasteiger partial charge in [-0.2, -0.15) is 11.8 Å². The van der Waals surface area contributed by atoms with Crippen LogP contribution in [0.25, 0.3) is 4.91 Å². The van der Waals surface area contributed by atoms with Crippen LogP contribution >= 0.6 is 23.5 Å². The molecule has 1 unspecified atom stereocenters. The summed E-state index contributed by atoms with van der Waals surface area (Å²) in [6, 6.07) is 2.14. The maximum atomic E-state index is 12.4. The molecule has 0 aliphatic rings. The van der Waals surface area contributed by atoms with Gasteiger partial charge in [0.15, 0.2) is 0 Å². The number of rotatable bonds is 9. The fourth-order valence-corrected chi connectivity index (χ4v) is 3.76. The standard InChI is InChI=1S/C20H30N2OS2/c1-7-8-9-18(17-10-15(4)11-21-12-17)25-20(14(2)3)22-19(23)16(5)13-24-6/h9-12,16H,7-8,13H2,1-6H3,(H,22,23)/b18-9+. The Balaban J connectivity index is 3.03. The molecule has 0 spiro atoms. The lowest BCUT2D eigenvalue weighted by molar-refractivity contribution is -0.122. The van der Waals surface area contributed by atoms with Crippen molar-refractivity contribution in [3.63, 3.8) is 0 Å². The van der Waals surface area contributed by atoms with Crippen molar-refractivity contribution < 1.29 is 4.79 Å². The van der Waals surface area contributed by atoms with E-state index in [0.29, 0.717) is 0 Å². The highest BCUT2D eigenvalue weighted by molar-refractivity contribution is 8.11. The quantitative estimate of drug-likeness (QED) is 0.604. The predicted molar refractivity (Wildman–Crippen MR) is 114 cm³/mol. The molecule has 0 bridgehead atoms. The fourth-order valence-electron chi connectivity index (χ4n) is 2.11. The summed E-state index contributed by atoms with van der Waals surface area (Å²) >= 11 is 3.32. The van der Waals surface area contributed by atoms with Gasteiger partial charge in [0.2, 0.25) is 5.91 Å². The van der Waals surface area contributed by atoms with E-state index in [4.69, 9.17) is 0 Å². The first kappa shape index (κ1) is 21.8. The molecule has 1 atom stereocenters. The Labute approximate surface area is 161 Å². The number of amides is 1. The molecular weight excluding hydrogens is 348 g/mol. The summed E-state index contributed by atoms with van der Waals surface area (Å²) in [7, 11) is 0. The van der Waals surface area contributed by atoms with Gasteiger partial charge in [-0.25, -0.2) is 0 Å². The average Bonchev–Trinajstić information content (AvgIpc) is 2.57. The first-order valence-corrected chi connectivity index (χ1v) is 10.9. The SMILES string of the molecule is CCC/C=C(/SC(NC(=O)C(C)CSC)=C(C)C)c1cncc(C)c1. The van der Waals surface area contributed by atoms with Crippen LogP contribution in [-0.4, -0.2) is 22.9 Å². The molecule has 0 saturated carbocycles. The van der Waals surface area contributed by atoms with Crippen LogP contribution in [0.5, 0.6) is 0 Å². The highest BCUT2D eigenvalue weighted by Gasteiger charge is 2.16. The monoisotopic (exact) mass is 378 g/mol. The smallest absolute Gasteiger partial charge is 0.228 e.